The van der Waals surface area contributed by atoms with Crippen LogP contribution in [0.4, 0.5) is 0 Å². The SMILES string of the molecule is CCOC1=C[C@@H](C)CC(c2ccccc2)=C1. The van der Waals surface area contributed by atoms with E-state index in [2.05, 4.69) is 49.4 Å². The highest BCUT2D eigenvalue weighted by Crippen LogP contribution is 2.29. The molecule has 1 aliphatic rings. The number of ether oxygens (including phenoxy) is 1. The van der Waals surface area contributed by atoms with Gasteiger partial charge in [0.2, 0.25) is 0 Å². The van der Waals surface area contributed by atoms with Crippen molar-refractivity contribution in [2.24, 2.45) is 5.92 Å². The van der Waals surface area contributed by atoms with Crippen molar-refractivity contribution in [1.82, 2.24) is 0 Å². The maximum atomic E-state index is 5.59. The van der Waals surface area contributed by atoms with Gasteiger partial charge in [-0.2, -0.15) is 0 Å². The van der Waals surface area contributed by atoms with Crippen LogP contribution in [0.15, 0.2) is 48.2 Å². The summed E-state index contributed by atoms with van der Waals surface area (Å²) in [6.07, 6.45) is 5.47. The van der Waals surface area contributed by atoms with Crippen molar-refractivity contribution in [3.63, 3.8) is 0 Å². The molecule has 1 atom stereocenters. The molecular weight excluding hydrogens is 196 g/mol. The lowest BCUT2D eigenvalue weighted by Crippen LogP contribution is -2.03. The first-order chi connectivity index (χ1) is 7.79. The molecule has 0 radical (unpaired) electrons. The molecule has 0 amide bonds. The van der Waals surface area contributed by atoms with Gasteiger partial charge in [0.1, 0.15) is 5.76 Å². The lowest BCUT2D eigenvalue weighted by molar-refractivity contribution is 0.238. The third-order valence-electron chi connectivity index (χ3n) is 2.76. The van der Waals surface area contributed by atoms with Crippen molar-refractivity contribution in [3.05, 3.63) is 53.8 Å². The lowest BCUT2D eigenvalue weighted by atomic mass is 9.90. The molecular formula is C15H18O. The molecule has 0 aliphatic heterocycles. The van der Waals surface area contributed by atoms with Gasteiger partial charge in [-0.25, -0.2) is 0 Å². The van der Waals surface area contributed by atoms with E-state index in [1.807, 2.05) is 6.92 Å². The van der Waals surface area contributed by atoms with E-state index in [0.717, 1.165) is 18.8 Å². The predicted molar refractivity (Wildman–Crippen MR) is 67.9 cm³/mol. The number of rotatable bonds is 3. The zero-order valence-electron chi connectivity index (χ0n) is 9.94. The van der Waals surface area contributed by atoms with Crippen molar-refractivity contribution in [2.75, 3.05) is 6.61 Å². The minimum Gasteiger partial charge on any atom is -0.494 e. The van der Waals surface area contributed by atoms with Crippen molar-refractivity contribution in [2.45, 2.75) is 20.3 Å². The molecule has 1 nitrogen and oxygen atoms in total. The van der Waals surface area contributed by atoms with Gasteiger partial charge in [-0.1, -0.05) is 37.3 Å². The Morgan fingerprint density at radius 1 is 1.25 bits per heavy atom. The number of hydrogen-bond donors (Lipinski definition) is 0. The van der Waals surface area contributed by atoms with Crippen LogP contribution < -0.4 is 0 Å². The largest absolute Gasteiger partial charge is 0.494 e. The van der Waals surface area contributed by atoms with Gasteiger partial charge < -0.3 is 4.74 Å². The first kappa shape index (κ1) is 11.0. The smallest absolute Gasteiger partial charge is 0.115 e. The molecule has 1 aromatic rings. The van der Waals surface area contributed by atoms with E-state index < -0.39 is 0 Å². The average molecular weight is 214 g/mol. The molecule has 0 N–H and O–H groups in total. The Hall–Kier alpha value is -1.50. The minimum absolute atomic E-state index is 0.557. The molecule has 0 saturated heterocycles. The molecule has 0 fully saturated rings. The normalized spacial score (nSPS) is 20.0. The van der Waals surface area contributed by atoms with E-state index in [-0.39, 0.29) is 0 Å². The molecule has 16 heavy (non-hydrogen) atoms. The van der Waals surface area contributed by atoms with E-state index in [1.54, 1.807) is 0 Å². The van der Waals surface area contributed by atoms with E-state index in [9.17, 15) is 0 Å². The summed E-state index contributed by atoms with van der Waals surface area (Å²) in [7, 11) is 0. The zero-order chi connectivity index (χ0) is 11.4. The van der Waals surface area contributed by atoms with Gasteiger partial charge in [0.15, 0.2) is 0 Å². The fourth-order valence-corrected chi connectivity index (χ4v) is 2.07. The molecule has 1 aromatic carbocycles. The van der Waals surface area contributed by atoms with Crippen molar-refractivity contribution in [3.8, 4) is 0 Å². The summed E-state index contributed by atoms with van der Waals surface area (Å²) in [6, 6.07) is 10.5. The average Bonchev–Trinajstić information content (AvgIpc) is 2.30. The lowest BCUT2D eigenvalue weighted by Gasteiger charge is -2.19. The molecule has 1 aliphatic carbocycles. The van der Waals surface area contributed by atoms with Crippen LogP contribution in [0.1, 0.15) is 25.8 Å². The van der Waals surface area contributed by atoms with Gasteiger partial charge in [0, 0.05) is 0 Å². The van der Waals surface area contributed by atoms with Crippen LogP contribution >= 0.6 is 0 Å². The van der Waals surface area contributed by atoms with Crippen LogP contribution in [0.25, 0.3) is 5.57 Å². The molecule has 0 spiro atoms. The van der Waals surface area contributed by atoms with E-state index in [0.29, 0.717) is 5.92 Å². The van der Waals surface area contributed by atoms with E-state index >= 15 is 0 Å². The highest BCUT2D eigenvalue weighted by molar-refractivity contribution is 5.69. The second kappa shape index (κ2) is 5.02. The molecule has 0 aromatic heterocycles. The predicted octanol–water partition coefficient (Wildman–Crippen LogP) is 4.03. The Morgan fingerprint density at radius 2 is 2.00 bits per heavy atom. The second-order valence-electron chi connectivity index (χ2n) is 4.22. The monoisotopic (exact) mass is 214 g/mol. The Bertz CT molecular complexity index is 401. The number of allylic oxidation sites excluding steroid dienone is 3. The third kappa shape index (κ3) is 2.54. The van der Waals surface area contributed by atoms with Gasteiger partial charge in [-0.05, 0) is 42.6 Å². The molecule has 0 unspecified atom stereocenters. The van der Waals surface area contributed by atoms with Gasteiger partial charge in [-0.15, -0.1) is 0 Å². The highest BCUT2D eigenvalue weighted by Gasteiger charge is 2.13. The molecule has 0 heterocycles. The zero-order valence-corrected chi connectivity index (χ0v) is 9.94. The standard InChI is InChI=1S/C15H18O/c1-3-16-15-10-12(2)9-14(11-15)13-7-5-4-6-8-13/h4-8,10-12H,3,9H2,1-2H3/t12-/m0/s1. The van der Waals surface area contributed by atoms with Crippen molar-refractivity contribution in [1.29, 1.82) is 0 Å². The maximum absolute atomic E-state index is 5.59. The third-order valence-corrected chi connectivity index (χ3v) is 2.76. The summed E-state index contributed by atoms with van der Waals surface area (Å²) < 4.78 is 5.59. The van der Waals surface area contributed by atoms with Crippen LogP contribution in [0, 0.1) is 5.92 Å². The van der Waals surface area contributed by atoms with Crippen molar-refractivity contribution < 1.29 is 4.74 Å². The summed E-state index contributed by atoms with van der Waals surface area (Å²) in [5, 5.41) is 0. The number of hydrogen-bond acceptors (Lipinski definition) is 1. The summed E-state index contributed by atoms with van der Waals surface area (Å²) in [5.74, 6) is 1.57. The molecule has 1 heteroatoms. The van der Waals surface area contributed by atoms with E-state index in [4.69, 9.17) is 4.74 Å². The minimum atomic E-state index is 0.557. The van der Waals surface area contributed by atoms with Gasteiger partial charge in [0.25, 0.3) is 0 Å². The Morgan fingerprint density at radius 3 is 2.69 bits per heavy atom. The molecule has 0 bridgehead atoms. The van der Waals surface area contributed by atoms with E-state index in [1.165, 1.54) is 11.1 Å². The van der Waals surface area contributed by atoms with Gasteiger partial charge in [-0.3, -0.25) is 0 Å². The van der Waals surface area contributed by atoms with Crippen LogP contribution in [0.5, 0.6) is 0 Å². The van der Waals surface area contributed by atoms with Crippen LogP contribution in [0.2, 0.25) is 0 Å². The fraction of sp³-hybridized carbons (Fsp3) is 0.333. The van der Waals surface area contributed by atoms with Gasteiger partial charge >= 0.3 is 0 Å². The fourth-order valence-electron chi connectivity index (χ4n) is 2.07. The summed E-state index contributed by atoms with van der Waals surface area (Å²) in [6.45, 7) is 4.99. The van der Waals surface area contributed by atoms with Crippen LogP contribution in [-0.4, -0.2) is 6.61 Å². The molecule has 84 valence electrons. The summed E-state index contributed by atoms with van der Waals surface area (Å²) >= 11 is 0. The number of benzene rings is 1. The maximum Gasteiger partial charge on any atom is 0.115 e. The highest BCUT2D eigenvalue weighted by atomic mass is 16.5. The van der Waals surface area contributed by atoms with Crippen LogP contribution in [0.3, 0.4) is 0 Å². The first-order valence-corrected chi connectivity index (χ1v) is 5.90. The molecule has 0 saturated carbocycles. The second-order valence-corrected chi connectivity index (χ2v) is 4.22. The summed E-state index contributed by atoms with van der Waals surface area (Å²) in [5.41, 5.74) is 2.68. The Kier molecular flexibility index (Phi) is 3.45. The quantitative estimate of drug-likeness (QED) is 0.738. The van der Waals surface area contributed by atoms with Crippen molar-refractivity contribution >= 4 is 5.57 Å². The van der Waals surface area contributed by atoms with Gasteiger partial charge in [0.05, 0.1) is 6.61 Å². The Labute approximate surface area is 97.4 Å². The van der Waals surface area contributed by atoms with Crippen LogP contribution in [-0.2, 0) is 4.74 Å². The first-order valence-electron chi connectivity index (χ1n) is 5.90. The summed E-state index contributed by atoms with van der Waals surface area (Å²) in [4.78, 5) is 0. The molecule has 2 rings (SSSR count). The Balaban J connectivity index is 2.25. The topological polar surface area (TPSA) is 9.23 Å².